The van der Waals surface area contributed by atoms with Crippen LogP contribution >= 0.6 is 0 Å². The number of amides is 1. The molecule has 4 rings (SSSR count). The molecule has 1 aliphatic heterocycles. The summed E-state index contributed by atoms with van der Waals surface area (Å²) in [6.07, 6.45) is 1.89. The van der Waals surface area contributed by atoms with Gasteiger partial charge in [-0.1, -0.05) is 18.2 Å². The molecule has 178 valence electrons. The van der Waals surface area contributed by atoms with Gasteiger partial charge in [-0.2, -0.15) is 0 Å². The number of ether oxygens (including phenoxy) is 1. The minimum absolute atomic E-state index is 0.0141. The fourth-order valence-electron chi connectivity index (χ4n) is 4.17. The Balaban J connectivity index is 1.34. The van der Waals surface area contributed by atoms with E-state index in [2.05, 4.69) is 34.3 Å². The van der Waals surface area contributed by atoms with Crippen LogP contribution < -0.4 is 15.0 Å². The molecule has 1 atom stereocenters. The van der Waals surface area contributed by atoms with Crippen molar-refractivity contribution in [1.82, 2.24) is 15.2 Å². The van der Waals surface area contributed by atoms with E-state index < -0.39 is 0 Å². The molecule has 0 unspecified atom stereocenters. The SMILES string of the molecule is CCN(C(=O)Cc1ccc(Oc2ccc(F)cc2)nc1)c1ccc(CN2CCN[C@@H](C)C2)cc1. The van der Waals surface area contributed by atoms with E-state index in [-0.39, 0.29) is 18.1 Å². The maximum absolute atomic E-state index is 13.0. The molecule has 34 heavy (non-hydrogen) atoms. The third-order valence-corrected chi connectivity index (χ3v) is 5.91. The summed E-state index contributed by atoms with van der Waals surface area (Å²) in [5.74, 6) is 0.591. The number of benzene rings is 2. The number of anilines is 1. The summed E-state index contributed by atoms with van der Waals surface area (Å²) in [4.78, 5) is 21.5. The Morgan fingerprint density at radius 1 is 1.12 bits per heavy atom. The van der Waals surface area contributed by atoms with Gasteiger partial charge >= 0.3 is 0 Å². The van der Waals surface area contributed by atoms with Crippen LogP contribution in [0.3, 0.4) is 0 Å². The average Bonchev–Trinajstić information content (AvgIpc) is 2.83. The minimum Gasteiger partial charge on any atom is -0.439 e. The quantitative estimate of drug-likeness (QED) is 0.538. The molecular weight excluding hydrogens is 431 g/mol. The van der Waals surface area contributed by atoms with Crippen molar-refractivity contribution in [2.24, 2.45) is 0 Å². The lowest BCUT2D eigenvalue weighted by molar-refractivity contribution is -0.117. The number of pyridine rings is 1. The highest BCUT2D eigenvalue weighted by molar-refractivity contribution is 5.94. The van der Waals surface area contributed by atoms with Crippen LogP contribution in [0, 0.1) is 5.82 Å². The standard InChI is InChI=1S/C27H31FN4O2/c1-3-32(24-9-4-21(5-10-24)19-31-15-14-29-20(2)18-31)27(33)16-22-6-13-26(30-17-22)34-25-11-7-23(28)8-12-25/h4-13,17,20,29H,3,14-16,18-19H2,1-2H3/t20-/m0/s1. The second-order valence-electron chi connectivity index (χ2n) is 8.63. The molecule has 1 aliphatic rings. The predicted octanol–water partition coefficient (Wildman–Crippen LogP) is 4.40. The number of rotatable bonds is 8. The summed E-state index contributed by atoms with van der Waals surface area (Å²) in [5, 5.41) is 3.47. The molecule has 2 heterocycles. The Hall–Kier alpha value is -3.29. The minimum atomic E-state index is -0.321. The summed E-state index contributed by atoms with van der Waals surface area (Å²) < 4.78 is 18.7. The number of halogens is 1. The van der Waals surface area contributed by atoms with Crippen LogP contribution in [0.15, 0.2) is 66.9 Å². The van der Waals surface area contributed by atoms with E-state index in [1.54, 1.807) is 29.3 Å². The second-order valence-corrected chi connectivity index (χ2v) is 8.63. The highest BCUT2D eigenvalue weighted by atomic mass is 19.1. The summed E-state index contributed by atoms with van der Waals surface area (Å²) in [6.45, 7) is 8.81. The van der Waals surface area contributed by atoms with Crippen LogP contribution in [-0.4, -0.2) is 48.0 Å². The van der Waals surface area contributed by atoms with E-state index in [0.29, 0.717) is 24.2 Å². The van der Waals surface area contributed by atoms with Crippen molar-refractivity contribution in [2.75, 3.05) is 31.1 Å². The number of likely N-dealkylation sites (N-methyl/N-ethyl adjacent to an activating group) is 1. The number of aromatic nitrogens is 1. The number of hydrogen-bond donors (Lipinski definition) is 1. The molecule has 6 nitrogen and oxygen atoms in total. The Bertz CT molecular complexity index is 1070. The van der Waals surface area contributed by atoms with Crippen LogP contribution in [0.5, 0.6) is 11.6 Å². The fourth-order valence-corrected chi connectivity index (χ4v) is 4.17. The zero-order valence-corrected chi connectivity index (χ0v) is 19.7. The number of carbonyl (C=O) groups excluding carboxylic acids is 1. The van der Waals surface area contributed by atoms with Crippen molar-refractivity contribution in [3.8, 4) is 11.6 Å². The van der Waals surface area contributed by atoms with Crippen LogP contribution in [0.1, 0.15) is 25.0 Å². The Kier molecular flexibility index (Phi) is 7.87. The molecule has 1 amide bonds. The third kappa shape index (κ3) is 6.40. The van der Waals surface area contributed by atoms with Crippen LogP contribution in [0.2, 0.25) is 0 Å². The van der Waals surface area contributed by atoms with Crippen molar-refractivity contribution in [3.05, 3.63) is 83.8 Å². The first-order valence-electron chi connectivity index (χ1n) is 11.7. The molecule has 1 N–H and O–H groups in total. The van der Waals surface area contributed by atoms with Crippen LogP contribution in [0.25, 0.3) is 0 Å². The van der Waals surface area contributed by atoms with Crippen LogP contribution in [0.4, 0.5) is 10.1 Å². The van der Waals surface area contributed by atoms with E-state index in [1.165, 1.54) is 17.7 Å². The van der Waals surface area contributed by atoms with E-state index in [9.17, 15) is 9.18 Å². The number of piperazine rings is 1. The molecule has 0 aliphatic carbocycles. The maximum Gasteiger partial charge on any atom is 0.231 e. The lowest BCUT2D eigenvalue weighted by atomic mass is 10.1. The predicted molar refractivity (Wildman–Crippen MR) is 132 cm³/mol. The summed E-state index contributed by atoms with van der Waals surface area (Å²) in [5.41, 5.74) is 2.95. The fraction of sp³-hybridized carbons (Fsp3) is 0.333. The lowest BCUT2D eigenvalue weighted by Crippen LogP contribution is -2.48. The van der Waals surface area contributed by atoms with Gasteiger partial charge in [0.25, 0.3) is 0 Å². The molecule has 0 saturated carbocycles. The van der Waals surface area contributed by atoms with Crippen molar-refractivity contribution in [1.29, 1.82) is 0 Å². The Labute approximate surface area is 200 Å². The van der Waals surface area contributed by atoms with Gasteiger partial charge in [-0.15, -0.1) is 0 Å². The van der Waals surface area contributed by atoms with Crippen molar-refractivity contribution < 1.29 is 13.9 Å². The normalized spacial score (nSPS) is 16.3. The second kappa shape index (κ2) is 11.2. The molecule has 1 fully saturated rings. The molecule has 3 aromatic rings. The molecule has 1 saturated heterocycles. The highest BCUT2D eigenvalue weighted by Crippen LogP contribution is 2.21. The average molecular weight is 463 g/mol. The van der Waals surface area contributed by atoms with Gasteiger partial charge in [-0.3, -0.25) is 9.69 Å². The van der Waals surface area contributed by atoms with Gasteiger partial charge in [-0.25, -0.2) is 9.37 Å². The van der Waals surface area contributed by atoms with Crippen molar-refractivity contribution in [3.63, 3.8) is 0 Å². The molecule has 7 heteroatoms. The molecular formula is C27H31FN4O2. The molecule has 0 radical (unpaired) electrons. The van der Waals surface area contributed by atoms with E-state index >= 15 is 0 Å². The summed E-state index contributed by atoms with van der Waals surface area (Å²) in [7, 11) is 0. The number of carbonyl (C=O) groups is 1. The van der Waals surface area contributed by atoms with Gasteiger partial charge in [0.05, 0.1) is 6.42 Å². The number of nitrogens with one attached hydrogen (secondary N) is 1. The van der Waals surface area contributed by atoms with Gasteiger partial charge in [-0.05, 0) is 61.4 Å². The van der Waals surface area contributed by atoms with E-state index in [0.717, 1.165) is 37.4 Å². The lowest BCUT2D eigenvalue weighted by Gasteiger charge is -2.32. The topological polar surface area (TPSA) is 57.7 Å². The largest absolute Gasteiger partial charge is 0.439 e. The highest BCUT2D eigenvalue weighted by Gasteiger charge is 2.17. The van der Waals surface area contributed by atoms with E-state index in [1.807, 2.05) is 25.1 Å². The summed E-state index contributed by atoms with van der Waals surface area (Å²) in [6, 6.07) is 18.1. The first kappa shape index (κ1) is 23.9. The van der Waals surface area contributed by atoms with Gasteiger partial charge in [0.15, 0.2) is 0 Å². The van der Waals surface area contributed by atoms with E-state index in [4.69, 9.17) is 4.74 Å². The van der Waals surface area contributed by atoms with Crippen molar-refractivity contribution >= 4 is 11.6 Å². The molecule has 0 spiro atoms. The van der Waals surface area contributed by atoms with Gasteiger partial charge in [0, 0.05) is 56.7 Å². The van der Waals surface area contributed by atoms with Gasteiger partial charge in [0.2, 0.25) is 11.8 Å². The third-order valence-electron chi connectivity index (χ3n) is 5.91. The van der Waals surface area contributed by atoms with Crippen molar-refractivity contribution in [2.45, 2.75) is 32.9 Å². The zero-order valence-electron chi connectivity index (χ0n) is 19.7. The number of nitrogens with zero attached hydrogens (tertiary/aromatic N) is 3. The van der Waals surface area contributed by atoms with Gasteiger partial charge in [0.1, 0.15) is 11.6 Å². The smallest absolute Gasteiger partial charge is 0.231 e. The molecule has 0 bridgehead atoms. The Morgan fingerprint density at radius 2 is 1.85 bits per heavy atom. The maximum atomic E-state index is 13.0. The molecule has 1 aromatic heterocycles. The zero-order chi connectivity index (χ0) is 23.9. The Morgan fingerprint density at radius 3 is 2.50 bits per heavy atom. The van der Waals surface area contributed by atoms with Crippen LogP contribution in [-0.2, 0) is 17.8 Å². The molecule has 2 aromatic carbocycles. The first-order valence-corrected chi connectivity index (χ1v) is 11.7. The van der Waals surface area contributed by atoms with Gasteiger partial charge < -0.3 is 15.0 Å². The number of hydrogen-bond acceptors (Lipinski definition) is 5. The monoisotopic (exact) mass is 462 g/mol. The first-order chi connectivity index (χ1) is 16.5. The summed E-state index contributed by atoms with van der Waals surface area (Å²) >= 11 is 0.